The van der Waals surface area contributed by atoms with Gasteiger partial charge in [-0.05, 0) is 56.2 Å². The average molecular weight is 377 g/mol. The van der Waals surface area contributed by atoms with Gasteiger partial charge in [0.1, 0.15) is 18.4 Å². The maximum atomic E-state index is 12.4. The van der Waals surface area contributed by atoms with Gasteiger partial charge in [-0.3, -0.25) is 4.79 Å². The molecule has 2 aromatic carbocycles. The van der Waals surface area contributed by atoms with E-state index in [-0.39, 0.29) is 11.5 Å². The van der Waals surface area contributed by atoms with Gasteiger partial charge in [0.15, 0.2) is 0 Å². The van der Waals surface area contributed by atoms with Crippen LogP contribution in [0.3, 0.4) is 0 Å². The van der Waals surface area contributed by atoms with Crippen LogP contribution in [-0.2, 0) is 26.2 Å². The Balaban J connectivity index is 2.00. The molecule has 1 atom stereocenters. The van der Waals surface area contributed by atoms with E-state index in [1.165, 1.54) is 38.3 Å². The zero-order valence-corrected chi connectivity index (χ0v) is 16.1. The fourth-order valence-corrected chi connectivity index (χ4v) is 3.53. The Hall–Kier alpha value is -2.38. The van der Waals surface area contributed by atoms with Crippen molar-refractivity contribution in [2.45, 2.75) is 38.3 Å². The molecule has 0 aromatic heterocycles. The first kappa shape index (κ1) is 19.9. The van der Waals surface area contributed by atoms with Crippen LogP contribution in [0.5, 0.6) is 5.75 Å². The van der Waals surface area contributed by atoms with Crippen molar-refractivity contribution in [1.82, 2.24) is 4.72 Å². The summed E-state index contributed by atoms with van der Waals surface area (Å²) in [4.78, 5) is 12.2. The van der Waals surface area contributed by atoms with E-state index in [0.717, 1.165) is 16.7 Å². The fourth-order valence-electron chi connectivity index (χ4n) is 2.33. The first-order valence-corrected chi connectivity index (χ1v) is 9.60. The van der Waals surface area contributed by atoms with Gasteiger partial charge in [0, 0.05) is 0 Å². The minimum absolute atomic E-state index is 0.0486. The Labute approximate surface area is 154 Å². The Morgan fingerprint density at radius 1 is 1.12 bits per heavy atom. The third-order valence-electron chi connectivity index (χ3n) is 3.93. The normalized spacial score (nSPS) is 12.5. The van der Waals surface area contributed by atoms with E-state index in [0.29, 0.717) is 5.75 Å². The van der Waals surface area contributed by atoms with Crippen LogP contribution < -0.4 is 9.46 Å². The molecule has 26 heavy (non-hydrogen) atoms. The molecule has 140 valence electrons. The van der Waals surface area contributed by atoms with E-state index in [4.69, 9.17) is 9.47 Å². The molecule has 2 aromatic rings. The number of rotatable bonds is 7. The summed E-state index contributed by atoms with van der Waals surface area (Å²) in [6.07, 6.45) is 0. The summed E-state index contributed by atoms with van der Waals surface area (Å²) < 4.78 is 37.3. The number of carbonyl (C=O) groups excluding carboxylic acids is 1. The Kier molecular flexibility index (Phi) is 6.39. The average Bonchev–Trinajstić information content (AvgIpc) is 2.61. The SMILES string of the molecule is COc1ccc(S(=O)(=O)N[C@@H](C)C(=O)OCc2cc(C)ccc2C)cc1. The van der Waals surface area contributed by atoms with Crippen molar-refractivity contribution in [3.8, 4) is 5.75 Å². The van der Waals surface area contributed by atoms with Crippen LogP contribution in [0, 0.1) is 13.8 Å². The zero-order chi connectivity index (χ0) is 19.3. The van der Waals surface area contributed by atoms with Gasteiger partial charge in [-0.1, -0.05) is 23.8 Å². The van der Waals surface area contributed by atoms with Gasteiger partial charge in [0.05, 0.1) is 12.0 Å². The number of hydrogen-bond acceptors (Lipinski definition) is 5. The van der Waals surface area contributed by atoms with E-state index in [1.54, 1.807) is 0 Å². The summed E-state index contributed by atoms with van der Waals surface area (Å²) in [6.45, 7) is 5.43. The number of aryl methyl sites for hydroxylation is 2. The first-order valence-electron chi connectivity index (χ1n) is 8.12. The number of hydrogen-bond donors (Lipinski definition) is 1. The van der Waals surface area contributed by atoms with Crippen molar-refractivity contribution in [1.29, 1.82) is 0 Å². The maximum Gasteiger partial charge on any atom is 0.324 e. The van der Waals surface area contributed by atoms with E-state index in [1.807, 2.05) is 32.0 Å². The zero-order valence-electron chi connectivity index (χ0n) is 15.3. The number of esters is 1. The smallest absolute Gasteiger partial charge is 0.324 e. The van der Waals surface area contributed by atoms with Crippen LogP contribution in [0.15, 0.2) is 47.4 Å². The molecule has 0 aliphatic heterocycles. The van der Waals surface area contributed by atoms with Crippen molar-refractivity contribution in [2.75, 3.05) is 7.11 Å². The third-order valence-corrected chi connectivity index (χ3v) is 5.49. The van der Waals surface area contributed by atoms with Crippen LogP contribution in [0.1, 0.15) is 23.6 Å². The number of nitrogens with one attached hydrogen (secondary N) is 1. The highest BCUT2D eigenvalue weighted by Crippen LogP contribution is 2.16. The van der Waals surface area contributed by atoms with Crippen molar-refractivity contribution in [2.24, 2.45) is 0 Å². The molecular weight excluding hydrogens is 354 g/mol. The molecule has 1 N–H and O–H groups in total. The predicted molar refractivity (Wildman–Crippen MR) is 98.5 cm³/mol. The lowest BCUT2D eigenvalue weighted by molar-refractivity contribution is -0.146. The molecule has 0 unspecified atom stereocenters. The van der Waals surface area contributed by atoms with Gasteiger partial charge in [-0.2, -0.15) is 4.72 Å². The molecule has 0 saturated heterocycles. The molecule has 0 amide bonds. The van der Waals surface area contributed by atoms with Crippen molar-refractivity contribution in [3.63, 3.8) is 0 Å². The molecule has 0 saturated carbocycles. The largest absolute Gasteiger partial charge is 0.497 e. The lowest BCUT2D eigenvalue weighted by atomic mass is 10.1. The standard InChI is InChI=1S/C19H23NO5S/c1-13-5-6-14(2)16(11-13)12-25-19(21)15(3)20-26(22,23)18-9-7-17(24-4)8-10-18/h5-11,15,20H,12H2,1-4H3/t15-/m0/s1. The molecule has 0 aliphatic carbocycles. The number of sulfonamides is 1. The van der Waals surface area contributed by atoms with Crippen LogP contribution in [0.2, 0.25) is 0 Å². The van der Waals surface area contributed by atoms with Crippen molar-refractivity contribution >= 4 is 16.0 Å². The van der Waals surface area contributed by atoms with E-state index in [2.05, 4.69) is 4.72 Å². The Bertz CT molecular complexity index is 875. The minimum atomic E-state index is -3.83. The quantitative estimate of drug-likeness (QED) is 0.751. The minimum Gasteiger partial charge on any atom is -0.497 e. The highest BCUT2D eigenvalue weighted by Gasteiger charge is 2.23. The highest BCUT2D eigenvalue weighted by molar-refractivity contribution is 7.89. The van der Waals surface area contributed by atoms with Crippen molar-refractivity contribution < 1.29 is 22.7 Å². The summed E-state index contributed by atoms with van der Waals surface area (Å²) in [5.41, 5.74) is 2.97. The number of carbonyl (C=O) groups is 1. The number of ether oxygens (including phenoxy) is 2. The topological polar surface area (TPSA) is 81.7 Å². The van der Waals surface area contributed by atoms with Gasteiger partial charge in [0.2, 0.25) is 10.0 Å². The van der Waals surface area contributed by atoms with Gasteiger partial charge in [0.25, 0.3) is 0 Å². The van der Waals surface area contributed by atoms with E-state index in [9.17, 15) is 13.2 Å². The van der Waals surface area contributed by atoms with E-state index >= 15 is 0 Å². The molecule has 0 heterocycles. The number of benzene rings is 2. The van der Waals surface area contributed by atoms with Gasteiger partial charge < -0.3 is 9.47 Å². The second-order valence-electron chi connectivity index (χ2n) is 6.06. The first-order chi connectivity index (χ1) is 12.2. The highest BCUT2D eigenvalue weighted by atomic mass is 32.2. The molecule has 0 radical (unpaired) electrons. The van der Waals surface area contributed by atoms with Gasteiger partial charge >= 0.3 is 5.97 Å². The molecule has 0 aliphatic rings. The van der Waals surface area contributed by atoms with Crippen LogP contribution in [-0.4, -0.2) is 27.5 Å². The molecule has 6 nitrogen and oxygen atoms in total. The molecule has 0 fully saturated rings. The molecule has 0 bridgehead atoms. The number of methoxy groups -OCH3 is 1. The molecule has 0 spiro atoms. The monoisotopic (exact) mass is 377 g/mol. The molecule has 2 rings (SSSR count). The van der Waals surface area contributed by atoms with Crippen LogP contribution in [0.4, 0.5) is 0 Å². The Morgan fingerprint density at radius 3 is 2.38 bits per heavy atom. The predicted octanol–water partition coefficient (Wildman–Crippen LogP) is 2.72. The van der Waals surface area contributed by atoms with Crippen LogP contribution in [0.25, 0.3) is 0 Å². The summed E-state index contributed by atoms with van der Waals surface area (Å²) in [5.74, 6) is -0.0899. The summed E-state index contributed by atoms with van der Waals surface area (Å²) in [5, 5.41) is 0. The Morgan fingerprint density at radius 2 is 1.77 bits per heavy atom. The summed E-state index contributed by atoms with van der Waals surface area (Å²) >= 11 is 0. The molecular formula is C19H23NO5S. The van der Waals surface area contributed by atoms with Crippen LogP contribution >= 0.6 is 0 Å². The maximum absolute atomic E-state index is 12.4. The molecule has 7 heteroatoms. The van der Waals surface area contributed by atoms with Gasteiger partial charge in [-0.15, -0.1) is 0 Å². The van der Waals surface area contributed by atoms with Gasteiger partial charge in [-0.25, -0.2) is 8.42 Å². The second kappa shape index (κ2) is 8.33. The van der Waals surface area contributed by atoms with E-state index < -0.39 is 22.0 Å². The lowest BCUT2D eigenvalue weighted by Gasteiger charge is -2.15. The summed E-state index contributed by atoms with van der Waals surface area (Å²) in [6, 6.07) is 10.8. The third kappa shape index (κ3) is 5.06. The van der Waals surface area contributed by atoms with Crippen molar-refractivity contribution in [3.05, 3.63) is 59.2 Å². The fraction of sp³-hybridized carbons (Fsp3) is 0.316. The summed E-state index contributed by atoms with van der Waals surface area (Å²) in [7, 11) is -2.34. The second-order valence-corrected chi connectivity index (χ2v) is 7.77. The lowest BCUT2D eigenvalue weighted by Crippen LogP contribution is -2.39.